The largest absolute Gasteiger partial charge is 0.302 e. The van der Waals surface area contributed by atoms with Crippen molar-refractivity contribution >= 4 is 54.8 Å². The third kappa shape index (κ3) is 6.32. The fourth-order valence-electron chi connectivity index (χ4n) is 3.51. The number of amides is 1. The second-order valence-electron chi connectivity index (χ2n) is 8.00. The first-order valence-corrected chi connectivity index (χ1v) is 13.3. The molecule has 1 amide bonds. The van der Waals surface area contributed by atoms with Crippen molar-refractivity contribution in [2.75, 3.05) is 36.8 Å². The zero-order chi connectivity index (χ0) is 23.5. The quantitative estimate of drug-likeness (QED) is 0.414. The van der Waals surface area contributed by atoms with E-state index in [1.165, 1.54) is 11.3 Å². The molecule has 0 atom stereocenters. The first-order valence-electron chi connectivity index (χ1n) is 10.8. The van der Waals surface area contributed by atoms with Crippen LogP contribution in [0.25, 0.3) is 10.2 Å². The number of sulfone groups is 1. The molecule has 0 bridgehead atoms. The van der Waals surface area contributed by atoms with Gasteiger partial charge in [-0.25, -0.2) is 13.4 Å². The van der Waals surface area contributed by atoms with Crippen LogP contribution in [-0.2, 0) is 14.6 Å². The highest BCUT2D eigenvalue weighted by Crippen LogP contribution is 2.32. The van der Waals surface area contributed by atoms with E-state index in [4.69, 9.17) is 4.98 Å². The molecule has 0 saturated heterocycles. The molecule has 0 aliphatic rings. The second kappa shape index (κ2) is 11.4. The van der Waals surface area contributed by atoms with Gasteiger partial charge in [-0.1, -0.05) is 48.9 Å². The van der Waals surface area contributed by atoms with E-state index in [0.29, 0.717) is 18.2 Å². The molecule has 6 nitrogen and oxygen atoms in total. The van der Waals surface area contributed by atoms with E-state index in [0.717, 1.165) is 40.0 Å². The molecule has 0 unspecified atom stereocenters. The van der Waals surface area contributed by atoms with E-state index in [9.17, 15) is 13.2 Å². The summed E-state index contributed by atoms with van der Waals surface area (Å²) >= 11 is 1.43. The van der Waals surface area contributed by atoms with Crippen molar-refractivity contribution in [3.05, 3.63) is 53.1 Å². The number of hydrogen-bond donors (Lipinski definition) is 0. The third-order valence-corrected chi connectivity index (χ3v) is 8.49. The second-order valence-corrected chi connectivity index (χ2v) is 11.0. The van der Waals surface area contributed by atoms with Crippen molar-refractivity contribution in [1.82, 2.24) is 9.88 Å². The number of aromatic nitrogens is 1. The van der Waals surface area contributed by atoms with Gasteiger partial charge in [0, 0.05) is 13.1 Å². The van der Waals surface area contributed by atoms with Gasteiger partial charge in [0.2, 0.25) is 5.91 Å². The predicted octanol–water partition coefficient (Wildman–Crippen LogP) is 4.79. The summed E-state index contributed by atoms with van der Waals surface area (Å²) in [5.41, 5.74) is 4.05. The first-order chi connectivity index (χ1) is 15.2. The number of nitrogens with zero attached hydrogens (tertiary/aromatic N) is 3. The van der Waals surface area contributed by atoms with E-state index in [2.05, 4.69) is 18.7 Å². The number of halogens is 1. The molecule has 33 heavy (non-hydrogen) atoms. The molecule has 3 rings (SSSR count). The maximum atomic E-state index is 13.3. The summed E-state index contributed by atoms with van der Waals surface area (Å²) < 4.78 is 26.9. The van der Waals surface area contributed by atoms with Crippen molar-refractivity contribution in [3.63, 3.8) is 0 Å². The SMILES string of the molecule is CCN(CC)CCN(C(=O)CS(=O)(=O)c1ccc(C)cc1)c1nc2c(C)c(C)ccc2s1.Cl. The normalized spacial score (nSPS) is 11.6. The van der Waals surface area contributed by atoms with Gasteiger partial charge in [-0.3, -0.25) is 9.69 Å². The van der Waals surface area contributed by atoms with E-state index in [1.54, 1.807) is 29.2 Å². The summed E-state index contributed by atoms with van der Waals surface area (Å²) in [4.78, 5) is 22.0. The molecular weight excluding hydrogens is 478 g/mol. The minimum atomic E-state index is -3.75. The fraction of sp³-hybridized carbons (Fsp3) is 0.417. The molecule has 0 saturated carbocycles. The van der Waals surface area contributed by atoms with Gasteiger partial charge in [0.1, 0.15) is 5.75 Å². The first kappa shape index (κ1) is 27.2. The van der Waals surface area contributed by atoms with Crippen LogP contribution in [0.15, 0.2) is 41.3 Å². The number of carbonyl (C=O) groups excluding carboxylic acids is 1. The summed E-state index contributed by atoms with van der Waals surface area (Å²) in [6, 6.07) is 10.7. The smallest absolute Gasteiger partial charge is 0.244 e. The highest BCUT2D eigenvalue weighted by atomic mass is 35.5. The number of fused-ring (bicyclic) bond motifs is 1. The minimum absolute atomic E-state index is 0. The zero-order valence-electron chi connectivity index (χ0n) is 19.8. The van der Waals surface area contributed by atoms with Crippen molar-refractivity contribution in [1.29, 1.82) is 0 Å². The Bertz CT molecular complexity index is 1200. The molecule has 180 valence electrons. The van der Waals surface area contributed by atoms with Crippen molar-refractivity contribution in [3.8, 4) is 0 Å². The zero-order valence-corrected chi connectivity index (χ0v) is 22.2. The van der Waals surface area contributed by atoms with Gasteiger partial charge in [0.25, 0.3) is 0 Å². The molecule has 0 spiro atoms. The van der Waals surface area contributed by atoms with Crippen LogP contribution in [0.4, 0.5) is 5.13 Å². The molecule has 1 aromatic heterocycles. The summed E-state index contributed by atoms with van der Waals surface area (Å²) in [6.45, 7) is 12.8. The van der Waals surface area contributed by atoms with Gasteiger partial charge in [-0.05, 0) is 63.2 Å². The standard InChI is InChI=1S/C24H31N3O3S2.ClH/c1-6-26(7-2)14-15-27(24-25-23-19(5)18(4)10-13-21(23)31-24)22(28)16-32(29,30)20-11-8-17(3)9-12-20;/h8-13H,6-7,14-16H2,1-5H3;1H. The van der Waals surface area contributed by atoms with Crippen LogP contribution in [0, 0.1) is 20.8 Å². The Balaban J connectivity index is 0.00000385. The summed E-state index contributed by atoms with van der Waals surface area (Å²) in [5.74, 6) is -1.03. The van der Waals surface area contributed by atoms with Crippen molar-refractivity contribution in [2.45, 2.75) is 39.5 Å². The number of rotatable bonds is 9. The number of aryl methyl sites for hydroxylation is 3. The number of thiazole rings is 1. The number of hydrogen-bond acceptors (Lipinski definition) is 6. The average Bonchev–Trinajstić information content (AvgIpc) is 3.18. The lowest BCUT2D eigenvalue weighted by molar-refractivity contribution is -0.116. The lowest BCUT2D eigenvalue weighted by Crippen LogP contribution is -2.41. The predicted molar refractivity (Wildman–Crippen MR) is 140 cm³/mol. The molecule has 1 heterocycles. The molecule has 0 radical (unpaired) electrons. The van der Waals surface area contributed by atoms with Gasteiger partial charge < -0.3 is 4.90 Å². The van der Waals surface area contributed by atoms with Crippen LogP contribution in [0.5, 0.6) is 0 Å². The van der Waals surface area contributed by atoms with Crippen molar-refractivity contribution in [2.24, 2.45) is 0 Å². The molecule has 9 heteroatoms. The van der Waals surface area contributed by atoms with Crippen LogP contribution >= 0.6 is 23.7 Å². The highest BCUT2D eigenvalue weighted by Gasteiger charge is 2.27. The highest BCUT2D eigenvalue weighted by molar-refractivity contribution is 7.92. The Morgan fingerprint density at radius 2 is 1.61 bits per heavy atom. The fourth-order valence-corrected chi connectivity index (χ4v) is 5.77. The van der Waals surface area contributed by atoms with E-state index in [-0.39, 0.29) is 17.3 Å². The van der Waals surface area contributed by atoms with Gasteiger partial charge in [-0.2, -0.15) is 0 Å². The van der Waals surface area contributed by atoms with Gasteiger partial charge >= 0.3 is 0 Å². The Hall–Kier alpha value is -2.00. The molecule has 2 aromatic carbocycles. The summed E-state index contributed by atoms with van der Waals surface area (Å²) in [5, 5.41) is 0.546. The van der Waals surface area contributed by atoms with Crippen LogP contribution < -0.4 is 4.90 Å². The Morgan fingerprint density at radius 3 is 2.21 bits per heavy atom. The van der Waals surface area contributed by atoms with Gasteiger partial charge in [0.15, 0.2) is 15.0 Å². The third-order valence-electron chi connectivity index (χ3n) is 5.83. The molecule has 0 N–H and O–H groups in total. The van der Waals surface area contributed by atoms with Gasteiger partial charge in [0.05, 0.1) is 15.1 Å². The van der Waals surface area contributed by atoms with E-state index >= 15 is 0 Å². The number of anilines is 1. The Labute approximate surface area is 207 Å². The van der Waals surface area contributed by atoms with Gasteiger partial charge in [-0.15, -0.1) is 12.4 Å². The molecule has 0 aliphatic carbocycles. The summed E-state index contributed by atoms with van der Waals surface area (Å²) in [6.07, 6.45) is 0. The number of carbonyl (C=O) groups is 1. The molecule has 3 aromatic rings. The number of benzene rings is 2. The average molecular weight is 510 g/mol. The maximum Gasteiger partial charge on any atom is 0.244 e. The van der Waals surface area contributed by atoms with Crippen LogP contribution in [0.2, 0.25) is 0 Å². The van der Waals surface area contributed by atoms with Crippen LogP contribution in [-0.4, -0.2) is 56.1 Å². The monoisotopic (exact) mass is 509 g/mol. The number of likely N-dealkylation sites (N-methyl/N-ethyl adjacent to an activating group) is 1. The minimum Gasteiger partial charge on any atom is -0.302 e. The molecular formula is C24H32ClN3O3S2. The lowest BCUT2D eigenvalue weighted by atomic mass is 10.1. The maximum absolute atomic E-state index is 13.3. The van der Waals surface area contributed by atoms with Crippen molar-refractivity contribution < 1.29 is 13.2 Å². The van der Waals surface area contributed by atoms with Crippen LogP contribution in [0.1, 0.15) is 30.5 Å². The van der Waals surface area contributed by atoms with E-state index in [1.807, 2.05) is 32.9 Å². The Morgan fingerprint density at radius 1 is 0.970 bits per heavy atom. The lowest BCUT2D eigenvalue weighted by Gasteiger charge is -2.24. The van der Waals surface area contributed by atoms with Crippen LogP contribution in [0.3, 0.4) is 0 Å². The van der Waals surface area contributed by atoms with E-state index < -0.39 is 21.5 Å². The Kier molecular flexibility index (Phi) is 9.43. The molecule has 0 fully saturated rings. The summed E-state index contributed by atoms with van der Waals surface area (Å²) in [7, 11) is -3.75. The molecule has 0 aliphatic heterocycles. The topological polar surface area (TPSA) is 70.6 Å².